The first-order chi connectivity index (χ1) is 7.69. The normalized spacial score (nSPS) is 9.94. The van der Waals surface area contributed by atoms with Crippen molar-refractivity contribution in [3.05, 3.63) is 29.3 Å². The van der Waals surface area contributed by atoms with Crippen molar-refractivity contribution in [2.45, 2.75) is 13.3 Å². The van der Waals surface area contributed by atoms with Crippen molar-refractivity contribution in [3.8, 4) is 5.75 Å². The number of nitrogens with one attached hydrogen (secondary N) is 1. The van der Waals surface area contributed by atoms with E-state index in [1.807, 2.05) is 13.0 Å². The van der Waals surface area contributed by atoms with Crippen LogP contribution in [-0.4, -0.2) is 26.1 Å². The average Bonchev–Trinajstić information content (AvgIpc) is 2.30. The fourth-order valence-electron chi connectivity index (χ4n) is 1.37. The molecule has 0 fully saturated rings. The Kier molecular flexibility index (Phi) is 4.79. The van der Waals surface area contributed by atoms with Crippen molar-refractivity contribution in [2.24, 2.45) is 5.73 Å². The highest BCUT2D eigenvalue weighted by atomic mass is 16.5. The van der Waals surface area contributed by atoms with E-state index >= 15 is 0 Å². The van der Waals surface area contributed by atoms with Gasteiger partial charge in [0.1, 0.15) is 5.75 Å². The molecule has 0 unspecified atom stereocenters. The number of methoxy groups -OCH3 is 1. The van der Waals surface area contributed by atoms with Crippen LogP contribution in [0.25, 0.3) is 0 Å². The van der Waals surface area contributed by atoms with Crippen LogP contribution in [0.2, 0.25) is 0 Å². The molecule has 4 nitrogen and oxygen atoms in total. The third-order valence-corrected chi connectivity index (χ3v) is 2.34. The number of ether oxygens (including phenoxy) is 1. The van der Waals surface area contributed by atoms with E-state index in [1.54, 1.807) is 19.2 Å². The second-order valence-corrected chi connectivity index (χ2v) is 3.58. The molecule has 0 heterocycles. The molecule has 1 aromatic carbocycles. The van der Waals surface area contributed by atoms with Crippen molar-refractivity contribution < 1.29 is 9.53 Å². The highest BCUT2D eigenvalue weighted by Crippen LogP contribution is 2.18. The van der Waals surface area contributed by atoms with Crippen LogP contribution in [0.1, 0.15) is 22.3 Å². The maximum Gasteiger partial charge on any atom is 0.251 e. The minimum absolute atomic E-state index is 0.0910. The molecule has 0 saturated carbocycles. The lowest BCUT2D eigenvalue weighted by Crippen LogP contribution is -2.25. The Morgan fingerprint density at radius 1 is 1.50 bits per heavy atom. The van der Waals surface area contributed by atoms with Gasteiger partial charge in [-0.05, 0) is 37.6 Å². The maximum absolute atomic E-state index is 11.7. The molecule has 0 aromatic heterocycles. The Hall–Kier alpha value is -1.55. The maximum atomic E-state index is 11.7. The quantitative estimate of drug-likeness (QED) is 0.733. The Labute approximate surface area is 95.8 Å². The van der Waals surface area contributed by atoms with Gasteiger partial charge in [0.2, 0.25) is 0 Å². The molecule has 88 valence electrons. The zero-order valence-electron chi connectivity index (χ0n) is 9.75. The predicted octanol–water partition coefficient (Wildman–Crippen LogP) is 1.08. The Morgan fingerprint density at radius 2 is 2.25 bits per heavy atom. The van der Waals surface area contributed by atoms with Crippen LogP contribution in [0.3, 0.4) is 0 Å². The number of carbonyl (C=O) groups is 1. The molecule has 0 atom stereocenters. The number of hydrogen-bond acceptors (Lipinski definition) is 3. The Bertz CT molecular complexity index is 364. The molecular formula is C12H18N2O2. The van der Waals surface area contributed by atoms with E-state index in [-0.39, 0.29) is 5.91 Å². The summed E-state index contributed by atoms with van der Waals surface area (Å²) < 4.78 is 5.16. The van der Waals surface area contributed by atoms with Crippen LogP contribution >= 0.6 is 0 Å². The van der Waals surface area contributed by atoms with Crippen LogP contribution < -0.4 is 15.8 Å². The Morgan fingerprint density at radius 3 is 2.88 bits per heavy atom. The molecule has 1 rings (SSSR count). The molecule has 0 bridgehead atoms. The lowest BCUT2D eigenvalue weighted by Gasteiger charge is -2.08. The molecule has 0 aliphatic rings. The number of hydrogen-bond donors (Lipinski definition) is 2. The summed E-state index contributed by atoms with van der Waals surface area (Å²) in [5.41, 5.74) is 6.97. The van der Waals surface area contributed by atoms with Crippen LogP contribution in [0.4, 0.5) is 0 Å². The first kappa shape index (κ1) is 12.5. The van der Waals surface area contributed by atoms with Gasteiger partial charge < -0.3 is 15.8 Å². The van der Waals surface area contributed by atoms with E-state index in [0.717, 1.165) is 17.7 Å². The molecular weight excluding hydrogens is 204 g/mol. The average molecular weight is 222 g/mol. The van der Waals surface area contributed by atoms with Crippen molar-refractivity contribution in [1.29, 1.82) is 0 Å². The molecule has 0 spiro atoms. The molecule has 1 amide bonds. The van der Waals surface area contributed by atoms with Crippen LogP contribution in [0.15, 0.2) is 18.2 Å². The van der Waals surface area contributed by atoms with Gasteiger partial charge in [0.15, 0.2) is 0 Å². The lowest BCUT2D eigenvalue weighted by atomic mass is 10.1. The lowest BCUT2D eigenvalue weighted by molar-refractivity contribution is 0.0953. The van der Waals surface area contributed by atoms with Gasteiger partial charge in [0.05, 0.1) is 7.11 Å². The molecule has 0 aliphatic carbocycles. The summed E-state index contributed by atoms with van der Waals surface area (Å²) in [6.45, 7) is 3.12. The van der Waals surface area contributed by atoms with Gasteiger partial charge >= 0.3 is 0 Å². The summed E-state index contributed by atoms with van der Waals surface area (Å²) in [5.74, 6) is 0.637. The molecule has 4 heteroatoms. The van der Waals surface area contributed by atoms with E-state index < -0.39 is 0 Å². The molecule has 0 saturated heterocycles. The van der Waals surface area contributed by atoms with Crippen molar-refractivity contribution >= 4 is 5.91 Å². The smallest absolute Gasteiger partial charge is 0.251 e. The van der Waals surface area contributed by atoms with Crippen LogP contribution in [0, 0.1) is 6.92 Å². The first-order valence-electron chi connectivity index (χ1n) is 5.32. The number of amides is 1. The fourth-order valence-corrected chi connectivity index (χ4v) is 1.37. The summed E-state index contributed by atoms with van der Waals surface area (Å²) in [5, 5.41) is 2.80. The number of nitrogens with two attached hydrogens (primary N) is 1. The summed E-state index contributed by atoms with van der Waals surface area (Å²) in [6.07, 6.45) is 0.786. The Balaban J connectivity index is 2.68. The topological polar surface area (TPSA) is 64.3 Å². The standard InChI is InChI=1S/C12H18N2O2/c1-9-4-5-10(8-11(9)16-2)12(15)14-7-3-6-13/h4-5,8H,3,6-7,13H2,1-2H3,(H,14,15). The molecule has 0 radical (unpaired) electrons. The summed E-state index contributed by atoms with van der Waals surface area (Å²) in [7, 11) is 1.60. The summed E-state index contributed by atoms with van der Waals surface area (Å²) in [6, 6.07) is 5.40. The highest BCUT2D eigenvalue weighted by Gasteiger charge is 2.07. The molecule has 1 aromatic rings. The van der Waals surface area contributed by atoms with Gasteiger partial charge in [-0.3, -0.25) is 4.79 Å². The number of aryl methyl sites for hydroxylation is 1. The van der Waals surface area contributed by atoms with Crippen molar-refractivity contribution in [3.63, 3.8) is 0 Å². The first-order valence-corrected chi connectivity index (χ1v) is 5.32. The molecule has 16 heavy (non-hydrogen) atoms. The van der Waals surface area contributed by atoms with E-state index in [4.69, 9.17) is 10.5 Å². The van der Waals surface area contributed by atoms with E-state index in [0.29, 0.717) is 18.7 Å². The van der Waals surface area contributed by atoms with E-state index in [2.05, 4.69) is 5.32 Å². The monoisotopic (exact) mass is 222 g/mol. The number of carbonyl (C=O) groups excluding carboxylic acids is 1. The van der Waals surface area contributed by atoms with Crippen molar-refractivity contribution in [1.82, 2.24) is 5.32 Å². The largest absolute Gasteiger partial charge is 0.496 e. The minimum atomic E-state index is -0.0910. The SMILES string of the molecule is COc1cc(C(=O)NCCCN)ccc1C. The van der Waals surface area contributed by atoms with Crippen LogP contribution in [0.5, 0.6) is 5.75 Å². The van der Waals surface area contributed by atoms with Gasteiger partial charge in [-0.25, -0.2) is 0 Å². The number of rotatable bonds is 5. The van der Waals surface area contributed by atoms with E-state index in [1.165, 1.54) is 0 Å². The number of benzene rings is 1. The second kappa shape index (κ2) is 6.12. The van der Waals surface area contributed by atoms with Gasteiger partial charge in [0.25, 0.3) is 5.91 Å². The third kappa shape index (κ3) is 3.24. The summed E-state index contributed by atoms with van der Waals surface area (Å²) >= 11 is 0. The third-order valence-electron chi connectivity index (χ3n) is 2.34. The van der Waals surface area contributed by atoms with Crippen LogP contribution in [-0.2, 0) is 0 Å². The van der Waals surface area contributed by atoms with Gasteiger partial charge in [-0.2, -0.15) is 0 Å². The fraction of sp³-hybridized carbons (Fsp3) is 0.417. The minimum Gasteiger partial charge on any atom is -0.496 e. The van der Waals surface area contributed by atoms with E-state index in [9.17, 15) is 4.79 Å². The summed E-state index contributed by atoms with van der Waals surface area (Å²) in [4.78, 5) is 11.7. The molecule has 0 aliphatic heterocycles. The molecule has 3 N–H and O–H groups in total. The van der Waals surface area contributed by atoms with Gasteiger partial charge in [0, 0.05) is 12.1 Å². The zero-order chi connectivity index (χ0) is 12.0. The zero-order valence-corrected chi connectivity index (χ0v) is 9.75. The van der Waals surface area contributed by atoms with Gasteiger partial charge in [-0.15, -0.1) is 0 Å². The second-order valence-electron chi connectivity index (χ2n) is 3.58. The van der Waals surface area contributed by atoms with Gasteiger partial charge in [-0.1, -0.05) is 6.07 Å². The van der Waals surface area contributed by atoms with Crippen molar-refractivity contribution in [2.75, 3.05) is 20.2 Å². The predicted molar refractivity (Wildman–Crippen MR) is 63.7 cm³/mol. The highest BCUT2D eigenvalue weighted by molar-refractivity contribution is 5.94.